The molecule has 17 heavy (non-hydrogen) atoms. The summed E-state index contributed by atoms with van der Waals surface area (Å²) in [5.41, 5.74) is 2.04. The largest absolute Gasteiger partial charge is 0.395 e. The van der Waals surface area contributed by atoms with E-state index in [0.717, 1.165) is 11.1 Å². The fourth-order valence-corrected chi connectivity index (χ4v) is 2.44. The summed E-state index contributed by atoms with van der Waals surface area (Å²) >= 11 is 0. The topological polar surface area (TPSA) is 66.4 Å². The van der Waals surface area contributed by atoms with Gasteiger partial charge < -0.3 is 5.11 Å². The molecule has 0 aromatic heterocycles. The van der Waals surface area contributed by atoms with Gasteiger partial charge in [-0.1, -0.05) is 29.8 Å². The number of hydrogen-bond donors (Lipinski definition) is 2. The predicted molar refractivity (Wildman–Crippen MR) is 68.2 cm³/mol. The van der Waals surface area contributed by atoms with E-state index in [-0.39, 0.29) is 12.6 Å². The fourth-order valence-electron chi connectivity index (χ4n) is 1.38. The molecule has 0 amide bonds. The smallest absolute Gasteiger partial charge is 0.217 e. The molecule has 2 unspecified atom stereocenters. The van der Waals surface area contributed by atoms with Gasteiger partial charge in [-0.15, -0.1) is 0 Å². The number of aliphatic hydroxyl groups is 1. The van der Waals surface area contributed by atoms with Gasteiger partial charge in [0.25, 0.3) is 0 Å². The highest BCUT2D eigenvalue weighted by Crippen LogP contribution is 2.15. The Hall–Kier alpha value is -0.910. The van der Waals surface area contributed by atoms with Gasteiger partial charge in [0.2, 0.25) is 10.0 Å². The third kappa shape index (κ3) is 3.80. The number of sulfonamides is 1. The minimum atomic E-state index is -3.47. The van der Waals surface area contributed by atoms with Crippen molar-refractivity contribution in [3.05, 3.63) is 35.4 Å². The van der Waals surface area contributed by atoms with Crippen molar-refractivity contribution in [1.82, 2.24) is 4.72 Å². The van der Waals surface area contributed by atoms with Crippen molar-refractivity contribution in [2.45, 2.75) is 32.1 Å². The molecule has 0 heterocycles. The number of hydrogen-bond acceptors (Lipinski definition) is 3. The molecule has 0 aliphatic carbocycles. The standard InChI is InChI=1S/C12H19NO3S/c1-9-4-6-12(7-5-9)11(3)13-17(15,16)10(2)8-14/h4-7,10-11,13-14H,8H2,1-3H3. The third-order valence-corrected chi connectivity index (χ3v) is 4.60. The molecule has 1 aromatic carbocycles. The molecule has 0 aliphatic rings. The van der Waals surface area contributed by atoms with E-state index < -0.39 is 15.3 Å². The molecule has 5 heteroatoms. The van der Waals surface area contributed by atoms with Crippen LogP contribution in [-0.4, -0.2) is 25.4 Å². The summed E-state index contributed by atoms with van der Waals surface area (Å²) in [6, 6.07) is 7.37. The van der Waals surface area contributed by atoms with Crippen LogP contribution in [-0.2, 0) is 10.0 Å². The summed E-state index contributed by atoms with van der Waals surface area (Å²) in [6.45, 7) is 4.86. The van der Waals surface area contributed by atoms with E-state index in [1.165, 1.54) is 6.92 Å². The van der Waals surface area contributed by atoms with Crippen LogP contribution in [0.4, 0.5) is 0 Å². The molecule has 0 radical (unpaired) electrons. The molecule has 0 spiro atoms. The van der Waals surface area contributed by atoms with Crippen molar-refractivity contribution >= 4 is 10.0 Å². The molecule has 4 nitrogen and oxygen atoms in total. The Morgan fingerprint density at radius 2 is 1.76 bits per heavy atom. The number of nitrogens with one attached hydrogen (secondary N) is 1. The molecule has 0 aliphatic heterocycles. The lowest BCUT2D eigenvalue weighted by molar-refractivity contribution is 0.294. The van der Waals surface area contributed by atoms with Crippen LogP contribution in [0.25, 0.3) is 0 Å². The zero-order chi connectivity index (χ0) is 13.1. The van der Waals surface area contributed by atoms with Gasteiger partial charge in [0.15, 0.2) is 0 Å². The van der Waals surface area contributed by atoms with Crippen molar-refractivity contribution in [3.63, 3.8) is 0 Å². The first-order chi connectivity index (χ1) is 7.86. The van der Waals surface area contributed by atoms with E-state index >= 15 is 0 Å². The van der Waals surface area contributed by atoms with Crippen molar-refractivity contribution in [2.75, 3.05) is 6.61 Å². The first-order valence-corrected chi connectivity index (χ1v) is 7.10. The van der Waals surface area contributed by atoms with E-state index in [4.69, 9.17) is 5.11 Å². The molecule has 1 aromatic rings. The zero-order valence-electron chi connectivity index (χ0n) is 10.3. The molecule has 0 saturated carbocycles. The first-order valence-electron chi connectivity index (χ1n) is 5.55. The highest BCUT2D eigenvalue weighted by molar-refractivity contribution is 7.90. The maximum Gasteiger partial charge on any atom is 0.217 e. The minimum absolute atomic E-state index is 0.297. The van der Waals surface area contributed by atoms with Crippen LogP contribution in [0.5, 0.6) is 0 Å². The lowest BCUT2D eigenvalue weighted by atomic mass is 10.1. The molecule has 96 valence electrons. The number of rotatable bonds is 5. The quantitative estimate of drug-likeness (QED) is 0.837. The van der Waals surface area contributed by atoms with Gasteiger partial charge in [-0.2, -0.15) is 0 Å². The Morgan fingerprint density at radius 1 is 1.24 bits per heavy atom. The Labute approximate surface area is 103 Å². The van der Waals surface area contributed by atoms with Crippen LogP contribution in [0, 0.1) is 6.92 Å². The van der Waals surface area contributed by atoms with Crippen LogP contribution >= 0.6 is 0 Å². The summed E-state index contributed by atoms with van der Waals surface area (Å²) in [5.74, 6) is 0. The van der Waals surface area contributed by atoms with E-state index in [2.05, 4.69) is 4.72 Å². The van der Waals surface area contributed by atoms with Crippen LogP contribution < -0.4 is 4.72 Å². The second kappa shape index (κ2) is 5.62. The van der Waals surface area contributed by atoms with Crippen LogP contribution in [0.3, 0.4) is 0 Å². The van der Waals surface area contributed by atoms with Gasteiger partial charge in [-0.05, 0) is 26.3 Å². The molecule has 0 fully saturated rings. The predicted octanol–water partition coefficient (Wildman–Crippen LogP) is 1.36. The minimum Gasteiger partial charge on any atom is -0.395 e. The lowest BCUT2D eigenvalue weighted by Gasteiger charge is -2.17. The Morgan fingerprint density at radius 3 is 2.24 bits per heavy atom. The summed E-state index contributed by atoms with van der Waals surface area (Å²) in [4.78, 5) is 0. The summed E-state index contributed by atoms with van der Waals surface area (Å²) in [6.07, 6.45) is 0. The van der Waals surface area contributed by atoms with Gasteiger partial charge in [-0.25, -0.2) is 13.1 Å². The second-order valence-electron chi connectivity index (χ2n) is 4.29. The van der Waals surface area contributed by atoms with Crippen LogP contribution in [0.2, 0.25) is 0 Å². The van der Waals surface area contributed by atoms with Crippen LogP contribution in [0.15, 0.2) is 24.3 Å². The maximum absolute atomic E-state index is 11.7. The Bertz CT molecular complexity index is 453. The molecule has 2 atom stereocenters. The highest BCUT2D eigenvalue weighted by atomic mass is 32.2. The van der Waals surface area contributed by atoms with Crippen molar-refractivity contribution in [3.8, 4) is 0 Å². The second-order valence-corrected chi connectivity index (χ2v) is 6.42. The summed E-state index contributed by atoms with van der Waals surface area (Å²) in [5, 5.41) is 8.08. The average Bonchev–Trinajstić information content (AvgIpc) is 2.28. The maximum atomic E-state index is 11.7. The number of aryl methyl sites for hydroxylation is 1. The zero-order valence-corrected chi connectivity index (χ0v) is 11.2. The molecular formula is C12H19NO3S. The normalized spacial score (nSPS) is 15.5. The average molecular weight is 257 g/mol. The van der Waals surface area contributed by atoms with Crippen molar-refractivity contribution in [2.24, 2.45) is 0 Å². The van der Waals surface area contributed by atoms with Gasteiger partial charge in [-0.3, -0.25) is 0 Å². The number of aliphatic hydroxyl groups excluding tert-OH is 1. The van der Waals surface area contributed by atoms with E-state index in [1.807, 2.05) is 31.2 Å². The molecule has 2 N–H and O–H groups in total. The Kier molecular flexibility index (Phi) is 4.68. The highest BCUT2D eigenvalue weighted by Gasteiger charge is 2.22. The Balaban J connectivity index is 2.79. The summed E-state index contributed by atoms with van der Waals surface area (Å²) < 4.78 is 26.0. The monoisotopic (exact) mass is 257 g/mol. The molecule has 1 rings (SSSR count). The lowest BCUT2D eigenvalue weighted by Crippen LogP contribution is -2.36. The van der Waals surface area contributed by atoms with E-state index in [9.17, 15) is 8.42 Å². The van der Waals surface area contributed by atoms with Crippen molar-refractivity contribution < 1.29 is 13.5 Å². The van der Waals surface area contributed by atoms with Gasteiger partial charge in [0, 0.05) is 6.04 Å². The van der Waals surface area contributed by atoms with Gasteiger partial charge in [0.05, 0.1) is 11.9 Å². The van der Waals surface area contributed by atoms with E-state index in [1.54, 1.807) is 6.92 Å². The van der Waals surface area contributed by atoms with Gasteiger partial charge in [0.1, 0.15) is 0 Å². The fraction of sp³-hybridized carbons (Fsp3) is 0.500. The third-order valence-electron chi connectivity index (χ3n) is 2.71. The van der Waals surface area contributed by atoms with E-state index in [0.29, 0.717) is 0 Å². The molecule has 0 bridgehead atoms. The SMILES string of the molecule is Cc1ccc(C(C)NS(=O)(=O)C(C)CO)cc1. The summed E-state index contributed by atoms with van der Waals surface area (Å²) in [7, 11) is -3.47. The van der Waals surface area contributed by atoms with Crippen molar-refractivity contribution in [1.29, 1.82) is 0 Å². The molecule has 0 saturated heterocycles. The van der Waals surface area contributed by atoms with Gasteiger partial charge >= 0.3 is 0 Å². The first kappa shape index (κ1) is 14.2. The van der Waals surface area contributed by atoms with Crippen LogP contribution in [0.1, 0.15) is 31.0 Å². The number of benzene rings is 1. The molecular weight excluding hydrogens is 238 g/mol.